The van der Waals surface area contributed by atoms with Crippen molar-refractivity contribution in [3.05, 3.63) is 90.0 Å². The summed E-state index contributed by atoms with van der Waals surface area (Å²) in [6, 6.07) is 23.8. The SMILES string of the molecule is NC(=O)c1ccc(OCC(=O)c2ccc(-c3ccccc3)cc2)cc1. The van der Waals surface area contributed by atoms with Crippen LogP contribution in [0.25, 0.3) is 11.1 Å². The minimum absolute atomic E-state index is 0.0688. The predicted octanol–water partition coefficient (Wildman–Crippen LogP) is 3.71. The summed E-state index contributed by atoms with van der Waals surface area (Å²) >= 11 is 0. The van der Waals surface area contributed by atoms with Crippen LogP contribution in [-0.4, -0.2) is 18.3 Å². The van der Waals surface area contributed by atoms with E-state index < -0.39 is 5.91 Å². The first-order valence-corrected chi connectivity index (χ1v) is 7.85. The highest BCUT2D eigenvalue weighted by Crippen LogP contribution is 2.19. The molecule has 2 N–H and O–H groups in total. The number of primary amides is 1. The molecule has 3 rings (SSSR count). The summed E-state index contributed by atoms with van der Waals surface area (Å²) in [4.78, 5) is 23.3. The Balaban J connectivity index is 1.62. The van der Waals surface area contributed by atoms with Gasteiger partial charge in [0.25, 0.3) is 0 Å². The molecule has 0 aliphatic carbocycles. The van der Waals surface area contributed by atoms with Crippen molar-refractivity contribution < 1.29 is 14.3 Å². The lowest BCUT2D eigenvalue weighted by Crippen LogP contribution is -2.12. The van der Waals surface area contributed by atoms with Crippen LogP contribution < -0.4 is 10.5 Å². The second kappa shape index (κ2) is 7.45. The summed E-state index contributed by atoms with van der Waals surface area (Å²) in [5.74, 6) is -0.0982. The van der Waals surface area contributed by atoms with Crippen LogP contribution in [0.1, 0.15) is 20.7 Å². The second-order valence-electron chi connectivity index (χ2n) is 5.54. The van der Waals surface area contributed by atoms with E-state index in [1.807, 2.05) is 42.5 Å². The van der Waals surface area contributed by atoms with Crippen molar-refractivity contribution >= 4 is 11.7 Å². The molecule has 0 bridgehead atoms. The number of ketones is 1. The molecule has 124 valence electrons. The van der Waals surface area contributed by atoms with E-state index in [2.05, 4.69) is 0 Å². The van der Waals surface area contributed by atoms with Gasteiger partial charge < -0.3 is 10.5 Å². The van der Waals surface area contributed by atoms with Crippen LogP contribution in [0.3, 0.4) is 0 Å². The van der Waals surface area contributed by atoms with Gasteiger partial charge >= 0.3 is 0 Å². The zero-order chi connectivity index (χ0) is 17.6. The number of carbonyl (C=O) groups excluding carboxylic acids is 2. The van der Waals surface area contributed by atoms with Crippen molar-refractivity contribution in [2.75, 3.05) is 6.61 Å². The topological polar surface area (TPSA) is 69.4 Å². The number of ether oxygens (including phenoxy) is 1. The van der Waals surface area contributed by atoms with E-state index in [9.17, 15) is 9.59 Å². The van der Waals surface area contributed by atoms with Gasteiger partial charge in [0.1, 0.15) is 5.75 Å². The molecule has 4 heteroatoms. The maximum absolute atomic E-state index is 12.2. The highest BCUT2D eigenvalue weighted by molar-refractivity contribution is 5.97. The zero-order valence-electron chi connectivity index (χ0n) is 13.5. The van der Waals surface area contributed by atoms with Gasteiger partial charge in [-0.2, -0.15) is 0 Å². The van der Waals surface area contributed by atoms with Crippen LogP contribution in [0.15, 0.2) is 78.9 Å². The molecule has 3 aromatic carbocycles. The standard InChI is InChI=1S/C21H17NO3/c22-21(24)18-10-12-19(13-11-18)25-14-20(23)17-8-6-16(7-9-17)15-4-2-1-3-5-15/h1-13H,14H2,(H2,22,24). The number of rotatable bonds is 6. The lowest BCUT2D eigenvalue weighted by atomic mass is 10.0. The van der Waals surface area contributed by atoms with Gasteiger partial charge in [-0.3, -0.25) is 9.59 Å². The summed E-state index contributed by atoms with van der Waals surface area (Å²) in [5.41, 5.74) is 8.33. The molecule has 3 aromatic rings. The molecule has 0 spiro atoms. The molecule has 0 aromatic heterocycles. The predicted molar refractivity (Wildman–Crippen MR) is 96.7 cm³/mol. The largest absolute Gasteiger partial charge is 0.485 e. The molecular weight excluding hydrogens is 314 g/mol. The molecule has 0 fully saturated rings. The van der Waals surface area contributed by atoms with Crippen molar-refractivity contribution in [3.8, 4) is 16.9 Å². The molecule has 0 saturated heterocycles. The summed E-state index contributed by atoms with van der Waals surface area (Å²) in [7, 11) is 0. The van der Waals surface area contributed by atoms with Crippen molar-refractivity contribution in [2.45, 2.75) is 0 Å². The van der Waals surface area contributed by atoms with Gasteiger partial charge in [-0.05, 0) is 35.4 Å². The van der Waals surface area contributed by atoms with Crippen molar-refractivity contribution in [1.82, 2.24) is 0 Å². The van der Waals surface area contributed by atoms with Gasteiger partial charge in [0.2, 0.25) is 5.91 Å². The summed E-state index contributed by atoms with van der Waals surface area (Å²) in [6.07, 6.45) is 0. The molecule has 0 saturated carbocycles. The van der Waals surface area contributed by atoms with E-state index in [1.54, 1.807) is 36.4 Å². The Hall–Kier alpha value is -3.40. The fraction of sp³-hybridized carbons (Fsp3) is 0.0476. The molecule has 4 nitrogen and oxygen atoms in total. The first kappa shape index (κ1) is 16.5. The smallest absolute Gasteiger partial charge is 0.248 e. The van der Waals surface area contributed by atoms with Crippen LogP contribution in [0.4, 0.5) is 0 Å². The van der Waals surface area contributed by atoms with Gasteiger partial charge in [-0.25, -0.2) is 0 Å². The lowest BCUT2D eigenvalue weighted by molar-refractivity contribution is 0.0920. The minimum atomic E-state index is -0.499. The Morgan fingerprint density at radius 2 is 1.28 bits per heavy atom. The molecular formula is C21H17NO3. The fourth-order valence-electron chi connectivity index (χ4n) is 2.43. The molecule has 0 unspecified atom stereocenters. The van der Waals surface area contributed by atoms with Gasteiger partial charge in [-0.1, -0.05) is 54.6 Å². The van der Waals surface area contributed by atoms with Crippen LogP contribution in [-0.2, 0) is 0 Å². The van der Waals surface area contributed by atoms with Crippen LogP contribution in [0, 0.1) is 0 Å². The third kappa shape index (κ3) is 4.12. The quantitative estimate of drug-likeness (QED) is 0.700. The fourth-order valence-corrected chi connectivity index (χ4v) is 2.43. The highest BCUT2D eigenvalue weighted by Gasteiger charge is 2.08. The van der Waals surface area contributed by atoms with Crippen LogP contribution >= 0.6 is 0 Å². The van der Waals surface area contributed by atoms with Gasteiger partial charge in [0, 0.05) is 11.1 Å². The summed E-state index contributed by atoms with van der Waals surface area (Å²) < 4.78 is 5.47. The maximum Gasteiger partial charge on any atom is 0.248 e. The van der Waals surface area contributed by atoms with Gasteiger partial charge in [-0.15, -0.1) is 0 Å². The monoisotopic (exact) mass is 331 g/mol. The van der Waals surface area contributed by atoms with E-state index in [0.717, 1.165) is 11.1 Å². The van der Waals surface area contributed by atoms with E-state index in [4.69, 9.17) is 10.5 Å². The third-order valence-corrected chi connectivity index (χ3v) is 3.82. The molecule has 0 aliphatic heterocycles. The Morgan fingerprint density at radius 1 is 0.720 bits per heavy atom. The minimum Gasteiger partial charge on any atom is -0.485 e. The van der Waals surface area contributed by atoms with E-state index in [0.29, 0.717) is 16.9 Å². The normalized spacial score (nSPS) is 10.2. The van der Waals surface area contributed by atoms with E-state index in [1.165, 1.54) is 0 Å². The Labute approximate surface area is 145 Å². The van der Waals surface area contributed by atoms with Gasteiger partial charge in [0.05, 0.1) is 0 Å². The number of amides is 1. The molecule has 25 heavy (non-hydrogen) atoms. The van der Waals surface area contributed by atoms with E-state index in [-0.39, 0.29) is 12.4 Å². The number of Topliss-reactive ketones (excluding diaryl/α,β-unsaturated/α-hetero) is 1. The molecule has 0 atom stereocenters. The Morgan fingerprint density at radius 3 is 1.88 bits per heavy atom. The average Bonchev–Trinajstić information content (AvgIpc) is 2.67. The Bertz CT molecular complexity index is 869. The maximum atomic E-state index is 12.2. The van der Waals surface area contributed by atoms with Crippen molar-refractivity contribution in [2.24, 2.45) is 5.73 Å². The average molecular weight is 331 g/mol. The van der Waals surface area contributed by atoms with E-state index >= 15 is 0 Å². The molecule has 0 radical (unpaired) electrons. The first-order valence-electron chi connectivity index (χ1n) is 7.85. The number of hydrogen-bond donors (Lipinski definition) is 1. The second-order valence-corrected chi connectivity index (χ2v) is 5.54. The van der Waals surface area contributed by atoms with Gasteiger partial charge in [0.15, 0.2) is 12.4 Å². The summed E-state index contributed by atoms with van der Waals surface area (Å²) in [6.45, 7) is -0.0688. The molecule has 1 amide bonds. The first-order chi connectivity index (χ1) is 12.1. The third-order valence-electron chi connectivity index (χ3n) is 3.82. The molecule has 0 heterocycles. The van der Waals surface area contributed by atoms with Crippen LogP contribution in [0.5, 0.6) is 5.75 Å². The zero-order valence-corrected chi connectivity index (χ0v) is 13.5. The lowest BCUT2D eigenvalue weighted by Gasteiger charge is -2.07. The summed E-state index contributed by atoms with van der Waals surface area (Å²) in [5, 5.41) is 0. The molecule has 0 aliphatic rings. The Kier molecular flexibility index (Phi) is 4.90. The highest BCUT2D eigenvalue weighted by atomic mass is 16.5. The van der Waals surface area contributed by atoms with Crippen LogP contribution in [0.2, 0.25) is 0 Å². The van der Waals surface area contributed by atoms with Crippen molar-refractivity contribution in [3.63, 3.8) is 0 Å². The number of benzene rings is 3. The number of hydrogen-bond acceptors (Lipinski definition) is 3. The number of carbonyl (C=O) groups is 2. The number of nitrogens with two attached hydrogens (primary N) is 1. The van der Waals surface area contributed by atoms with Crippen molar-refractivity contribution in [1.29, 1.82) is 0 Å².